The standard InChI is InChI=1S/C11H16BrN3O2/c1-7(2)9(13-3)5-10-11(15(16)17)4-8(12)6-14-10/h4,6-7,9,13H,5H2,1-3H3. The van der Waals surface area contributed by atoms with Gasteiger partial charge in [-0.3, -0.25) is 15.1 Å². The van der Waals surface area contributed by atoms with Crippen LogP contribution in [-0.2, 0) is 6.42 Å². The predicted octanol–water partition coefficient (Wildman–Crippen LogP) is 2.54. The molecular formula is C11H16BrN3O2. The Kier molecular flexibility index (Phi) is 5.02. The van der Waals surface area contributed by atoms with Gasteiger partial charge in [0.05, 0.1) is 4.92 Å². The summed E-state index contributed by atoms with van der Waals surface area (Å²) in [7, 11) is 1.86. The smallest absolute Gasteiger partial charge is 0.291 e. The number of halogens is 1. The molecule has 5 nitrogen and oxygen atoms in total. The number of nitrogens with zero attached hydrogens (tertiary/aromatic N) is 2. The molecule has 0 aromatic carbocycles. The molecule has 1 atom stereocenters. The molecular weight excluding hydrogens is 286 g/mol. The Morgan fingerprint density at radius 1 is 1.59 bits per heavy atom. The summed E-state index contributed by atoms with van der Waals surface area (Å²) in [5.41, 5.74) is 0.589. The highest BCUT2D eigenvalue weighted by Crippen LogP contribution is 2.23. The van der Waals surface area contributed by atoms with Gasteiger partial charge in [0.1, 0.15) is 5.69 Å². The van der Waals surface area contributed by atoms with Crippen molar-refractivity contribution in [2.24, 2.45) is 5.92 Å². The van der Waals surface area contributed by atoms with Gasteiger partial charge in [-0.05, 0) is 28.9 Å². The highest BCUT2D eigenvalue weighted by molar-refractivity contribution is 9.10. The molecule has 0 radical (unpaired) electrons. The van der Waals surface area contributed by atoms with Crippen molar-refractivity contribution in [2.75, 3.05) is 7.05 Å². The summed E-state index contributed by atoms with van der Waals surface area (Å²) in [6, 6.07) is 1.68. The van der Waals surface area contributed by atoms with Crippen LogP contribution in [0, 0.1) is 16.0 Å². The van der Waals surface area contributed by atoms with Crippen LogP contribution in [0.3, 0.4) is 0 Å². The molecule has 94 valence electrons. The van der Waals surface area contributed by atoms with Crippen LogP contribution >= 0.6 is 15.9 Å². The molecule has 17 heavy (non-hydrogen) atoms. The summed E-state index contributed by atoms with van der Waals surface area (Å²) in [6.45, 7) is 4.15. The van der Waals surface area contributed by atoms with Crippen molar-refractivity contribution in [2.45, 2.75) is 26.3 Å². The van der Waals surface area contributed by atoms with Crippen LogP contribution < -0.4 is 5.32 Å². The minimum Gasteiger partial charge on any atom is -0.316 e. The Hall–Kier alpha value is -1.01. The number of pyridine rings is 1. The van der Waals surface area contributed by atoms with Gasteiger partial charge in [0.25, 0.3) is 5.69 Å². The van der Waals surface area contributed by atoms with Crippen LogP contribution in [0.1, 0.15) is 19.5 Å². The van der Waals surface area contributed by atoms with E-state index in [-0.39, 0.29) is 16.7 Å². The van der Waals surface area contributed by atoms with E-state index in [1.807, 2.05) is 7.05 Å². The molecule has 1 heterocycles. The van der Waals surface area contributed by atoms with Gasteiger partial charge in [0.15, 0.2) is 0 Å². The third-order valence-electron chi connectivity index (χ3n) is 2.70. The molecule has 6 heteroatoms. The van der Waals surface area contributed by atoms with Crippen LogP contribution in [0.2, 0.25) is 0 Å². The van der Waals surface area contributed by atoms with E-state index in [1.165, 1.54) is 6.07 Å². The number of likely N-dealkylation sites (N-methyl/N-ethyl adjacent to an activating group) is 1. The van der Waals surface area contributed by atoms with Crippen molar-refractivity contribution < 1.29 is 4.92 Å². The summed E-state index contributed by atoms with van der Waals surface area (Å²) in [5.74, 6) is 0.394. The molecule has 1 aromatic heterocycles. The largest absolute Gasteiger partial charge is 0.316 e. The molecule has 0 aliphatic rings. The van der Waals surface area contributed by atoms with Crippen molar-refractivity contribution in [1.29, 1.82) is 0 Å². The third kappa shape index (κ3) is 3.74. The van der Waals surface area contributed by atoms with E-state index in [9.17, 15) is 10.1 Å². The van der Waals surface area contributed by atoms with E-state index in [1.54, 1.807) is 6.20 Å². The number of hydrogen-bond acceptors (Lipinski definition) is 4. The first-order valence-corrected chi connectivity index (χ1v) is 6.21. The van der Waals surface area contributed by atoms with E-state index < -0.39 is 0 Å². The van der Waals surface area contributed by atoms with Gasteiger partial charge in [-0.1, -0.05) is 13.8 Å². The van der Waals surface area contributed by atoms with Gasteiger partial charge < -0.3 is 5.32 Å². The maximum Gasteiger partial charge on any atom is 0.291 e. The monoisotopic (exact) mass is 301 g/mol. The lowest BCUT2D eigenvalue weighted by atomic mass is 9.98. The van der Waals surface area contributed by atoms with E-state index in [0.717, 1.165) is 0 Å². The van der Waals surface area contributed by atoms with Gasteiger partial charge in [-0.2, -0.15) is 0 Å². The Morgan fingerprint density at radius 3 is 2.71 bits per heavy atom. The normalized spacial score (nSPS) is 12.8. The Labute approximate surface area is 109 Å². The molecule has 0 spiro atoms. The maximum absolute atomic E-state index is 10.9. The number of nitrogens with one attached hydrogen (secondary N) is 1. The lowest BCUT2D eigenvalue weighted by Crippen LogP contribution is -2.33. The summed E-state index contributed by atoms with van der Waals surface area (Å²) in [4.78, 5) is 14.7. The minimum atomic E-state index is -0.389. The average molecular weight is 302 g/mol. The number of aromatic nitrogens is 1. The summed E-state index contributed by atoms with van der Waals surface area (Å²) >= 11 is 3.19. The maximum atomic E-state index is 10.9. The predicted molar refractivity (Wildman–Crippen MR) is 70.0 cm³/mol. The summed E-state index contributed by atoms with van der Waals surface area (Å²) in [5, 5.41) is 14.1. The first kappa shape index (κ1) is 14.1. The lowest BCUT2D eigenvalue weighted by Gasteiger charge is -2.19. The highest BCUT2D eigenvalue weighted by Gasteiger charge is 2.20. The first-order valence-electron chi connectivity index (χ1n) is 5.41. The quantitative estimate of drug-likeness (QED) is 0.670. The molecule has 0 fully saturated rings. The Morgan fingerprint density at radius 2 is 2.24 bits per heavy atom. The fourth-order valence-electron chi connectivity index (χ4n) is 1.65. The van der Waals surface area contributed by atoms with Crippen molar-refractivity contribution in [3.8, 4) is 0 Å². The summed E-state index contributed by atoms with van der Waals surface area (Å²) in [6.07, 6.45) is 2.15. The number of hydrogen-bond donors (Lipinski definition) is 1. The van der Waals surface area contributed by atoms with Gasteiger partial charge in [-0.15, -0.1) is 0 Å². The van der Waals surface area contributed by atoms with Crippen molar-refractivity contribution in [1.82, 2.24) is 10.3 Å². The minimum absolute atomic E-state index is 0.0697. The van der Waals surface area contributed by atoms with Crippen LogP contribution in [0.25, 0.3) is 0 Å². The van der Waals surface area contributed by atoms with E-state index in [4.69, 9.17) is 0 Å². The SMILES string of the molecule is CNC(Cc1ncc(Br)cc1[N+](=O)[O-])C(C)C. The van der Waals surface area contributed by atoms with E-state index >= 15 is 0 Å². The topological polar surface area (TPSA) is 68.1 Å². The van der Waals surface area contributed by atoms with Crippen molar-refractivity contribution in [3.63, 3.8) is 0 Å². The highest BCUT2D eigenvalue weighted by atomic mass is 79.9. The van der Waals surface area contributed by atoms with Gasteiger partial charge in [0, 0.05) is 29.2 Å². The molecule has 1 rings (SSSR count). The van der Waals surface area contributed by atoms with Crippen LogP contribution in [-0.4, -0.2) is 23.0 Å². The first-order chi connectivity index (χ1) is 7.95. The lowest BCUT2D eigenvalue weighted by molar-refractivity contribution is -0.386. The van der Waals surface area contributed by atoms with Crippen molar-refractivity contribution in [3.05, 3.63) is 32.5 Å². The molecule has 0 aliphatic carbocycles. The van der Waals surface area contributed by atoms with E-state index in [0.29, 0.717) is 22.5 Å². The van der Waals surface area contributed by atoms with Crippen LogP contribution in [0.5, 0.6) is 0 Å². The zero-order chi connectivity index (χ0) is 13.0. The van der Waals surface area contributed by atoms with Crippen molar-refractivity contribution >= 4 is 21.6 Å². The second-order valence-corrected chi connectivity index (χ2v) is 5.14. The third-order valence-corrected chi connectivity index (χ3v) is 3.13. The second kappa shape index (κ2) is 6.07. The Bertz CT molecular complexity index is 410. The zero-order valence-electron chi connectivity index (χ0n) is 10.1. The van der Waals surface area contributed by atoms with Gasteiger partial charge >= 0.3 is 0 Å². The molecule has 0 saturated carbocycles. The van der Waals surface area contributed by atoms with Crippen LogP contribution in [0.4, 0.5) is 5.69 Å². The molecule has 0 saturated heterocycles. The molecule has 1 N–H and O–H groups in total. The molecule has 1 unspecified atom stereocenters. The van der Waals surface area contributed by atoms with Gasteiger partial charge in [-0.25, -0.2) is 0 Å². The fourth-order valence-corrected chi connectivity index (χ4v) is 1.97. The fraction of sp³-hybridized carbons (Fsp3) is 0.545. The van der Waals surface area contributed by atoms with Gasteiger partial charge in [0.2, 0.25) is 0 Å². The molecule has 0 aliphatic heterocycles. The second-order valence-electron chi connectivity index (χ2n) is 4.22. The van der Waals surface area contributed by atoms with E-state index in [2.05, 4.69) is 40.1 Å². The average Bonchev–Trinajstić information content (AvgIpc) is 2.26. The zero-order valence-corrected chi connectivity index (χ0v) is 11.7. The molecule has 0 amide bonds. The number of rotatable bonds is 5. The molecule has 1 aromatic rings. The summed E-state index contributed by atoms with van der Waals surface area (Å²) < 4.78 is 0.624. The number of nitro groups is 1. The molecule has 0 bridgehead atoms. The Balaban J connectivity index is 3.01. The van der Waals surface area contributed by atoms with Crippen LogP contribution in [0.15, 0.2) is 16.7 Å².